The van der Waals surface area contributed by atoms with Crippen molar-refractivity contribution >= 4 is 21.9 Å². The van der Waals surface area contributed by atoms with Crippen LogP contribution in [0.3, 0.4) is 0 Å². The predicted octanol–water partition coefficient (Wildman–Crippen LogP) is 4.39. The highest BCUT2D eigenvalue weighted by Crippen LogP contribution is 2.32. The van der Waals surface area contributed by atoms with Gasteiger partial charge in [0.2, 0.25) is 10.9 Å². The van der Waals surface area contributed by atoms with E-state index >= 15 is 0 Å². The molecule has 0 aliphatic rings. The maximum absolute atomic E-state index is 13.8. The van der Waals surface area contributed by atoms with Gasteiger partial charge in [0.1, 0.15) is 23.9 Å². The number of ether oxygens (including phenoxy) is 2. The first-order valence-corrected chi connectivity index (χ1v) is 13.3. The van der Waals surface area contributed by atoms with Crippen molar-refractivity contribution in [3.63, 3.8) is 0 Å². The van der Waals surface area contributed by atoms with Gasteiger partial charge in [0.05, 0.1) is 23.3 Å². The number of hydrogen-bond donors (Lipinski definition) is 1. The van der Waals surface area contributed by atoms with E-state index in [2.05, 4.69) is 20.0 Å². The largest absolute Gasteiger partial charge is 0.465 e. The van der Waals surface area contributed by atoms with Crippen LogP contribution in [0.5, 0.6) is 0 Å². The summed E-state index contributed by atoms with van der Waals surface area (Å²) in [4.78, 5) is 24.3. The molecule has 1 heterocycles. The Labute approximate surface area is 222 Å². The van der Waals surface area contributed by atoms with Gasteiger partial charge in [-0.15, -0.1) is 0 Å². The van der Waals surface area contributed by atoms with Gasteiger partial charge in [-0.3, -0.25) is 0 Å². The maximum atomic E-state index is 13.8. The number of esters is 1. The summed E-state index contributed by atoms with van der Waals surface area (Å²) in [6.45, 7) is 5.83. The molecule has 0 radical (unpaired) electrons. The first-order valence-electron chi connectivity index (χ1n) is 11.8. The summed E-state index contributed by atoms with van der Waals surface area (Å²) in [5.41, 5.74) is 11.0. The monoisotopic (exact) mass is 539 g/mol. The molecule has 0 aliphatic carbocycles. The molecule has 38 heavy (non-hydrogen) atoms. The summed E-state index contributed by atoms with van der Waals surface area (Å²) in [5, 5.41) is 3.73. The number of sulfonamides is 1. The van der Waals surface area contributed by atoms with Gasteiger partial charge < -0.3 is 9.47 Å². The second-order valence-corrected chi connectivity index (χ2v) is 10.6. The molecule has 3 rings (SSSR count). The SMILES string of the molecule is COCN(c1nc(-c2c(C)cccc2C)cc(C(C)CCN=[N+]=N)n1)S(=O)(=O)c1cccc(C(=O)OC)c1. The smallest absolute Gasteiger partial charge is 0.337 e. The van der Waals surface area contributed by atoms with Gasteiger partial charge in [-0.25, -0.2) is 27.5 Å². The van der Waals surface area contributed by atoms with Crippen LogP contribution < -0.4 is 9.22 Å². The number of anilines is 1. The zero-order valence-electron chi connectivity index (χ0n) is 22.0. The van der Waals surface area contributed by atoms with Gasteiger partial charge in [0.15, 0.2) is 0 Å². The molecule has 0 spiro atoms. The van der Waals surface area contributed by atoms with Crippen molar-refractivity contribution in [1.29, 1.82) is 5.53 Å². The molecule has 12 heteroatoms. The minimum Gasteiger partial charge on any atom is -0.465 e. The quantitative estimate of drug-likeness (QED) is 0.164. The number of carbonyl (C=O) groups is 1. The van der Waals surface area contributed by atoms with Crippen molar-refractivity contribution in [3.05, 3.63) is 70.9 Å². The van der Waals surface area contributed by atoms with E-state index in [0.717, 1.165) is 21.0 Å². The van der Waals surface area contributed by atoms with Crippen LogP contribution in [0.2, 0.25) is 0 Å². The Morgan fingerprint density at radius 2 is 1.79 bits per heavy atom. The average Bonchev–Trinajstić information content (AvgIpc) is 2.91. The minimum atomic E-state index is -4.25. The van der Waals surface area contributed by atoms with Gasteiger partial charge in [-0.2, -0.15) is 0 Å². The number of methoxy groups -OCH3 is 2. The standard InChI is InChI=1S/C26H31N6O5S/c1-17(12-13-28-31-27)22-15-23(24-18(2)8-6-9-19(24)3)30-26(29-22)32(16-36-4)38(34,35)21-11-7-10-20(14-21)25(33)37-5/h6-11,14-15,17,27H,12-13,16H2,1-5H3/q+1. The summed E-state index contributed by atoms with van der Waals surface area (Å²) in [6.07, 6.45) is 0.545. The lowest BCUT2D eigenvalue weighted by atomic mass is 9.97. The van der Waals surface area contributed by atoms with Crippen molar-refractivity contribution in [2.24, 2.45) is 5.11 Å². The third-order valence-corrected chi connectivity index (χ3v) is 7.72. The third kappa shape index (κ3) is 6.28. The van der Waals surface area contributed by atoms with E-state index < -0.39 is 16.0 Å². The van der Waals surface area contributed by atoms with E-state index in [-0.39, 0.29) is 29.1 Å². The molecule has 2 aromatic carbocycles. The van der Waals surface area contributed by atoms with Crippen LogP contribution in [-0.2, 0) is 19.5 Å². The average molecular weight is 540 g/mol. The molecule has 200 valence electrons. The Kier molecular flexibility index (Phi) is 9.40. The van der Waals surface area contributed by atoms with Crippen LogP contribution >= 0.6 is 0 Å². The fourth-order valence-corrected chi connectivity index (χ4v) is 5.31. The van der Waals surface area contributed by atoms with E-state index in [1.807, 2.05) is 45.0 Å². The molecule has 1 atom stereocenters. The summed E-state index contributed by atoms with van der Waals surface area (Å²) in [6, 6.07) is 13.3. The lowest BCUT2D eigenvalue weighted by molar-refractivity contribution is 0.0600. The molecule has 0 saturated carbocycles. The number of aryl methyl sites for hydroxylation is 2. The van der Waals surface area contributed by atoms with Crippen LogP contribution in [0.25, 0.3) is 11.3 Å². The molecule has 0 amide bonds. The van der Waals surface area contributed by atoms with Crippen LogP contribution in [0, 0.1) is 19.4 Å². The highest BCUT2D eigenvalue weighted by atomic mass is 32.2. The van der Waals surface area contributed by atoms with Gasteiger partial charge >= 0.3 is 5.97 Å². The number of nitrogens with zero attached hydrogens (tertiary/aromatic N) is 5. The fraction of sp³-hybridized carbons (Fsp3) is 0.346. The molecule has 11 nitrogen and oxygen atoms in total. The van der Waals surface area contributed by atoms with Crippen molar-refractivity contribution in [2.45, 2.75) is 38.0 Å². The molecule has 0 aliphatic heterocycles. The van der Waals surface area contributed by atoms with Gasteiger partial charge in [0, 0.05) is 24.3 Å². The third-order valence-electron chi connectivity index (χ3n) is 6.02. The molecule has 0 fully saturated rings. The van der Waals surface area contributed by atoms with Crippen LogP contribution in [0.4, 0.5) is 5.95 Å². The summed E-state index contributed by atoms with van der Waals surface area (Å²) < 4.78 is 38.6. The zero-order valence-corrected chi connectivity index (χ0v) is 22.8. The predicted molar refractivity (Wildman–Crippen MR) is 141 cm³/mol. The van der Waals surface area contributed by atoms with Crippen LogP contribution in [-0.4, -0.2) is 51.9 Å². The first-order chi connectivity index (χ1) is 18.1. The lowest BCUT2D eigenvalue weighted by Crippen LogP contribution is -2.35. The second kappa shape index (κ2) is 12.5. The van der Waals surface area contributed by atoms with Crippen molar-refractivity contribution in [1.82, 2.24) is 14.9 Å². The lowest BCUT2D eigenvalue weighted by Gasteiger charge is -2.24. The van der Waals surface area contributed by atoms with Crippen LogP contribution in [0.1, 0.15) is 46.4 Å². The second-order valence-electron chi connectivity index (χ2n) is 8.69. The van der Waals surface area contributed by atoms with Gasteiger partial charge in [-0.05, 0) is 55.7 Å². The minimum absolute atomic E-state index is 0.0700. The number of hydrogen-bond acceptors (Lipinski definition) is 9. The van der Waals surface area contributed by atoms with E-state index in [1.165, 1.54) is 38.5 Å². The Hall–Kier alpha value is -3.99. The number of rotatable bonds is 11. The first kappa shape index (κ1) is 28.6. The summed E-state index contributed by atoms with van der Waals surface area (Å²) >= 11 is 0. The Balaban J connectivity index is 2.22. The van der Waals surface area contributed by atoms with Crippen molar-refractivity contribution in [3.8, 4) is 11.3 Å². The molecule has 1 N–H and O–H groups in total. The maximum Gasteiger partial charge on any atom is 0.337 e. The van der Waals surface area contributed by atoms with E-state index in [9.17, 15) is 13.2 Å². The molecule has 1 unspecified atom stereocenters. The fourth-order valence-electron chi connectivity index (χ4n) is 3.99. The normalized spacial score (nSPS) is 11.9. The van der Waals surface area contributed by atoms with Gasteiger partial charge in [-0.1, -0.05) is 31.2 Å². The Morgan fingerprint density at radius 3 is 2.42 bits per heavy atom. The van der Waals surface area contributed by atoms with E-state index in [1.54, 1.807) is 0 Å². The highest BCUT2D eigenvalue weighted by molar-refractivity contribution is 7.92. The number of benzene rings is 2. The molecular formula is C26H31N6O5S+. The topological polar surface area (TPSA) is 149 Å². The van der Waals surface area contributed by atoms with Crippen molar-refractivity contribution in [2.75, 3.05) is 31.8 Å². The van der Waals surface area contributed by atoms with Crippen LogP contribution in [0.15, 0.2) is 58.5 Å². The summed E-state index contributed by atoms with van der Waals surface area (Å²) in [5.74, 6) is -0.867. The molecule has 3 aromatic rings. The zero-order chi connectivity index (χ0) is 27.9. The summed E-state index contributed by atoms with van der Waals surface area (Å²) in [7, 11) is -1.65. The molecule has 0 saturated heterocycles. The Bertz CT molecular complexity index is 1450. The highest BCUT2D eigenvalue weighted by Gasteiger charge is 2.30. The number of carbonyl (C=O) groups excluding carboxylic acids is 1. The molecule has 1 aromatic heterocycles. The van der Waals surface area contributed by atoms with Gasteiger partial charge in [0.25, 0.3) is 10.0 Å². The van der Waals surface area contributed by atoms with E-state index in [0.29, 0.717) is 24.4 Å². The van der Waals surface area contributed by atoms with E-state index in [4.69, 9.17) is 15.0 Å². The molecular weight excluding hydrogens is 508 g/mol. The Morgan fingerprint density at radius 1 is 1.11 bits per heavy atom. The van der Waals surface area contributed by atoms with Crippen molar-refractivity contribution < 1.29 is 22.7 Å². The number of aromatic nitrogens is 2. The molecule has 0 bridgehead atoms. The number of nitrogens with one attached hydrogen (secondary N) is 1.